The number of amidine groups is 1. The highest BCUT2D eigenvalue weighted by atomic mass is 35.5. The lowest BCUT2D eigenvalue weighted by Gasteiger charge is -2.39. The highest BCUT2D eigenvalue weighted by Gasteiger charge is 2.45. The van der Waals surface area contributed by atoms with Crippen molar-refractivity contribution < 1.29 is 19.1 Å². The van der Waals surface area contributed by atoms with Crippen molar-refractivity contribution in [2.45, 2.75) is 38.3 Å². The van der Waals surface area contributed by atoms with Crippen LogP contribution in [0.15, 0.2) is 71.7 Å². The summed E-state index contributed by atoms with van der Waals surface area (Å²) in [5.41, 5.74) is 2.47. The molecule has 6 rings (SSSR count). The predicted octanol–water partition coefficient (Wildman–Crippen LogP) is 6.33. The summed E-state index contributed by atoms with van der Waals surface area (Å²) in [5.74, 6) is 1.11. The van der Waals surface area contributed by atoms with Crippen LogP contribution in [0.25, 0.3) is 0 Å². The molecule has 0 N–H and O–H groups in total. The number of nitrogens with zero attached hydrogens (tertiary/aromatic N) is 6. The second-order valence-electron chi connectivity index (χ2n) is 13.2. The highest BCUT2D eigenvalue weighted by molar-refractivity contribution is 6.30. The van der Waals surface area contributed by atoms with Crippen LogP contribution in [0.5, 0.6) is 5.75 Å². The van der Waals surface area contributed by atoms with E-state index in [0.29, 0.717) is 92.8 Å². The molecule has 0 spiro atoms. The van der Waals surface area contributed by atoms with Crippen molar-refractivity contribution in [3.05, 3.63) is 99.0 Å². The van der Waals surface area contributed by atoms with E-state index in [1.54, 1.807) is 4.90 Å². The number of morpholine rings is 1. The first-order chi connectivity index (χ1) is 24.1. The van der Waals surface area contributed by atoms with Gasteiger partial charge in [0, 0.05) is 49.3 Å². The molecule has 0 saturated carbocycles. The first kappa shape index (κ1) is 35.7. The van der Waals surface area contributed by atoms with Gasteiger partial charge in [-0.05, 0) is 73.9 Å². The summed E-state index contributed by atoms with van der Waals surface area (Å²) in [7, 11) is 0. The number of amides is 3. The van der Waals surface area contributed by atoms with Gasteiger partial charge in [-0.2, -0.15) is 5.26 Å². The molecule has 0 bridgehead atoms. The Bertz CT molecular complexity index is 1760. The van der Waals surface area contributed by atoms with Gasteiger partial charge in [0.05, 0.1) is 49.5 Å². The van der Waals surface area contributed by atoms with Crippen LogP contribution in [0.1, 0.15) is 55.1 Å². The van der Waals surface area contributed by atoms with E-state index in [4.69, 9.17) is 37.7 Å². The Hall–Kier alpha value is -4.14. The standard InChI is InChI=1S/C38H42Cl2N6O4/c1-4-50-32-23-28(38(2,3)25-41)9-14-31(32)36-42-34(26-5-10-29(39)11-6-26)35(27-7-12-30(40)13-8-27)46(36)37(48)45-17-15-43(16-18-45)24-33(47)44-19-21-49-22-20-44/h5-14,23,34-35H,4,15-22,24H2,1-3H3/t34-,35+/m0/s1. The van der Waals surface area contributed by atoms with Crippen LogP contribution in [0.4, 0.5) is 4.79 Å². The van der Waals surface area contributed by atoms with Crippen molar-refractivity contribution in [3.63, 3.8) is 0 Å². The molecule has 3 aromatic carbocycles. The van der Waals surface area contributed by atoms with Gasteiger partial charge in [0.2, 0.25) is 5.91 Å². The minimum absolute atomic E-state index is 0.0853. The number of hydrogen-bond donors (Lipinski definition) is 0. The largest absolute Gasteiger partial charge is 0.493 e. The molecule has 262 valence electrons. The predicted molar refractivity (Wildman–Crippen MR) is 194 cm³/mol. The molecule has 3 amide bonds. The minimum atomic E-state index is -0.752. The van der Waals surface area contributed by atoms with Crippen LogP contribution in [-0.2, 0) is 14.9 Å². The summed E-state index contributed by atoms with van der Waals surface area (Å²) in [6, 6.07) is 22.0. The topological polar surface area (TPSA) is 102 Å². The highest BCUT2D eigenvalue weighted by Crippen LogP contribution is 2.46. The Morgan fingerprint density at radius 2 is 1.52 bits per heavy atom. The van der Waals surface area contributed by atoms with Crippen LogP contribution in [0, 0.1) is 11.3 Å². The van der Waals surface area contributed by atoms with Gasteiger partial charge >= 0.3 is 6.03 Å². The van der Waals surface area contributed by atoms with Gasteiger partial charge in [-0.3, -0.25) is 19.6 Å². The fraction of sp³-hybridized carbons (Fsp3) is 0.421. The molecular formula is C38H42Cl2N6O4. The van der Waals surface area contributed by atoms with Gasteiger partial charge in [-0.1, -0.05) is 53.5 Å². The Kier molecular flexibility index (Phi) is 11.0. The van der Waals surface area contributed by atoms with Crippen molar-refractivity contribution in [1.82, 2.24) is 19.6 Å². The average Bonchev–Trinajstić information content (AvgIpc) is 3.53. The zero-order valence-electron chi connectivity index (χ0n) is 28.6. The summed E-state index contributed by atoms with van der Waals surface area (Å²) >= 11 is 12.6. The zero-order chi connectivity index (χ0) is 35.4. The number of carbonyl (C=O) groups is 2. The van der Waals surface area contributed by atoms with Crippen molar-refractivity contribution in [2.24, 2.45) is 4.99 Å². The van der Waals surface area contributed by atoms with Crippen molar-refractivity contribution in [1.29, 1.82) is 5.26 Å². The molecule has 2 atom stereocenters. The summed E-state index contributed by atoms with van der Waals surface area (Å²) in [6.45, 7) is 10.7. The third kappa shape index (κ3) is 7.62. The number of urea groups is 1. The smallest absolute Gasteiger partial charge is 0.326 e. The maximum absolute atomic E-state index is 14.9. The first-order valence-electron chi connectivity index (χ1n) is 17.0. The normalized spacial score (nSPS) is 20.0. The average molecular weight is 718 g/mol. The van der Waals surface area contributed by atoms with Crippen molar-refractivity contribution >= 4 is 41.0 Å². The molecule has 3 heterocycles. The SMILES string of the molecule is CCOc1cc(C(C)(C)C#N)ccc1C1=N[C@@H](c2ccc(Cl)cc2)[C@@H](c2ccc(Cl)cc2)N1C(=O)N1CCN(CC(=O)N2CCOCC2)CC1. The van der Waals surface area contributed by atoms with Gasteiger partial charge in [0.25, 0.3) is 0 Å². The third-order valence-electron chi connectivity index (χ3n) is 9.58. The molecule has 3 aliphatic rings. The number of piperazine rings is 1. The van der Waals surface area contributed by atoms with Crippen molar-refractivity contribution in [3.8, 4) is 11.8 Å². The Morgan fingerprint density at radius 1 is 0.900 bits per heavy atom. The monoisotopic (exact) mass is 716 g/mol. The molecule has 10 nitrogen and oxygen atoms in total. The Balaban J connectivity index is 1.38. The third-order valence-corrected chi connectivity index (χ3v) is 10.1. The Labute approximate surface area is 303 Å². The second kappa shape index (κ2) is 15.4. The molecule has 3 aliphatic heterocycles. The van der Waals surface area contributed by atoms with E-state index in [9.17, 15) is 14.9 Å². The first-order valence-corrected chi connectivity index (χ1v) is 17.8. The molecule has 0 aliphatic carbocycles. The van der Waals surface area contributed by atoms with Crippen LogP contribution >= 0.6 is 23.2 Å². The zero-order valence-corrected chi connectivity index (χ0v) is 30.2. The van der Waals surface area contributed by atoms with Crippen LogP contribution in [0.3, 0.4) is 0 Å². The van der Waals surface area contributed by atoms with E-state index >= 15 is 0 Å². The van der Waals surface area contributed by atoms with Crippen molar-refractivity contribution in [2.75, 3.05) is 65.6 Å². The lowest BCUT2D eigenvalue weighted by molar-refractivity contribution is -0.136. The molecule has 0 radical (unpaired) electrons. The number of halogens is 2. The van der Waals surface area contributed by atoms with E-state index in [0.717, 1.165) is 16.7 Å². The quantitative estimate of drug-likeness (QED) is 0.270. The number of nitriles is 1. The molecule has 12 heteroatoms. The summed E-state index contributed by atoms with van der Waals surface area (Å²) in [6.07, 6.45) is 0. The van der Waals surface area contributed by atoms with Gasteiger partial charge < -0.3 is 19.3 Å². The van der Waals surface area contributed by atoms with E-state index < -0.39 is 17.5 Å². The number of ether oxygens (including phenoxy) is 2. The Morgan fingerprint density at radius 3 is 2.12 bits per heavy atom. The minimum Gasteiger partial charge on any atom is -0.493 e. The molecule has 0 aromatic heterocycles. The fourth-order valence-corrected chi connectivity index (χ4v) is 6.90. The van der Waals surface area contributed by atoms with E-state index in [1.807, 2.05) is 97.3 Å². The van der Waals surface area contributed by atoms with E-state index in [-0.39, 0.29) is 11.9 Å². The van der Waals surface area contributed by atoms with Crippen LogP contribution in [0.2, 0.25) is 10.0 Å². The number of aliphatic imine (C=N–C) groups is 1. The summed E-state index contributed by atoms with van der Waals surface area (Å²) in [4.78, 5) is 40.8. The number of hydrogen-bond acceptors (Lipinski definition) is 7. The van der Waals surface area contributed by atoms with Crippen LogP contribution < -0.4 is 4.74 Å². The maximum atomic E-state index is 14.9. The van der Waals surface area contributed by atoms with E-state index in [2.05, 4.69) is 11.0 Å². The lowest BCUT2D eigenvalue weighted by Crippen LogP contribution is -2.56. The fourth-order valence-electron chi connectivity index (χ4n) is 6.64. The summed E-state index contributed by atoms with van der Waals surface area (Å²) < 4.78 is 11.6. The number of carbonyl (C=O) groups excluding carboxylic acids is 2. The van der Waals surface area contributed by atoms with Gasteiger partial charge in [0.15, 0.2) is 0 Å². The van der Waals surface area contributed by atoms with Gasteiger partial charge in [-0.25, -0.2) is 4.79 Å². The van der Waals surface area contributed by atoms with E-state index in [1.165, 1.54) is 0 Å². The van der Waals surface area contributed by atoms with Gasteiger partial charge in [-0.15, -0.1) is 0 Å². The molecule has 50 heavy (non-hydrogen) atoms. The molecular weight excluding hydrogens is 675 g/mol. The van der Waals surface area contributed by atoms with Crippen LogP contribution in [-0.4, -0.2) is 103 Å². The number of rotatable bonds is 8. The second-order valence-corrected chi connectivity index (χ2v) is 14.1. The van der Waals surface area contributed by atoms with Gasteiger partial charge in [0.1, 0.15) is 17.6 Å². The lowest BCUT2D eigenvalue weighted by atomic mass is 9.85. The molecule has 2 saturated heterocycles. The molecule has 3 aromatic rings. The molecule has 2 fully saturated rings. The maximum Gasteiger partial charge on any atom is 0.326 e. The summed E-state index contributed by atoms with van der Waals surface area (Å²) in [5, 5.41) is 11.1. The number of benzene rings is 3. The molecule has 0 unspecified atom stereocenters.